The first-order valence-corrected chi connectivity index (χ1v) is 10.4. The summed E-state index contributed by atoms with van der Waals surface area (Å²) in [6, 6.07) is 14.8. The summed E-state index contributed by atoms with van der Waals surface area (Å²) in [6.45, 7) is 2.10. The Hall–Kier alpha value is -3.81. The Bertz CT molecular complexity index is 1110. The van der Waals surface area contributed by atoms with Gasteiger partial charge < -0.3 is 23.9 Å². The lowest BCUT2D eigenvalue weighted by molar-refractivity contribution is -0.135. The van der Waals surface area contributed by atoms with Gasteiger partial charge in [-0.25, -0.2) is 14.6 Å². The summed E-state index contributed by atoms with van der Waals surface area (Å²) in [4.78, 5) is 27.2. The minimum absolute atomic E-state index is 0.238. The third-order valence-electron chi connectivity index (χ3n) is 5.23. The van der Waals surface area contributed by atoms with Crippen LogP contribution < -0.4 is 14.8 Å². The Morgan fingerprint density at radius 1 is 1.09 bits per heavy atom. The van der Waals surface area contributed by atoms with E-state index >= 15 is 0 Å². The van der Waals surface area contributed by atoms with Gasteiger partial charge in [-0.3, -0.25) is 0 Å². The van der Waals surface area contributed by atoms with E-state index in [9.17, 15) is 9.59 Å². The molecule has 0 radical (unpaired) electrons. The number of hydrogen-bond acceptors (Lipinski definition) is 7. The van der Waals surface area contributed by atoms with E-state index in [4.69, 9.17) is 13.9 Å². The van der Waals surface area contributed by atoms with Gasteiger partial charge in [-0.2, -0.15) is 0 Å². The molecular formula is C24H24N2O6. The van der Waals surface area contributed by atoms with Crippen molar-refractivity contribution in [2.45, 2.75) is 38.8 Å². The number of methoxy groups -OCH3 is 1. The van der Waals surface area contributed by atoms with E-state index in [-0.39, 0.29) is 6.61 Å². The van der Waals surface area contributed by atoms with Crippen molar-refractivity contribution in [1.82, 2.24) is 10.3 Å². The highest BCUT2D eigenvalue weighted by atomic mass is 16.6. The van der Waals surface area contributed by atoms with Gasteiger partial charge in [0.1, 0.15) is 24.1 Å². The van der Waals surface area contributed by atoms with E-state index in [1.807, 2.05) is 55.5 Å². The van der Waals surface area contributed by atoms with E-state index < -0.39 is 18.1 Å². The molecule has 4 rings (SSSR count). The molecule has 32 heavy (non-hydrogen) atoms. The fourth-order valence-electron chi connectivity index (χ4n) is 3.50. The van der Waals surface area contributed by atoms with Crippen LogP contribution in [0.15, 0.2) is 52.9 Å². The number of carbonyl (C=O) groups is 2. The summed E-state index contributed by atoms with van der Waals surface area (Å²) < 4.78 is 21.7. The molecule has 3 aromatic rings. The molecule has 1 aromatic heterocycles. The average Bonchev–Trinajstić information content (AvgIpc) is 3.33. The topological polar surface area (TPSA) is 99.9 Å². The number of aryl methyl sites for hydroxylation is 2. The van der Waals surface area contributed by atoms with Gasteiger partial charge in [-0.05, 0) is 56.0 Å². The van der Waals surface area contributed by atoms with Gasteiger partial charge in [-0.1, -0.05) is 24.3 Å². The van der Waals surface area contributed by atoms with Crippen molar-refractivity contribution in [3.05, 3.63) is 65.5 Å². The number of carbonyl (C=O) groups excluding carboxylic acids is 2. The van der Waals surface area contributed by atoms with Crippen molar-refractivity contribution in [2.24, 2.45) is 0 Å². The Kier molecular flexibility index (Phi) is 6.39. The van der Waals surface area contributed by atoms with Gasteiger partial charge in [-0.15, -0.1) is 0 Å². The maximum atomic E-state index is 11.5. The van der Waals surface area contributed by atoms with E-state index in [0.29, 0.717) is 48.1 Å². The Morgan fingerprint density at radius 2 is 1.91 bits per heavy atom. The molecule has 8 nitrogen and oxygen atoms in total. The predicted molar refractivity (Wildman–Crippen MR) is 115 cm³/mol. The zero-order valence-corrected chi connectivity index (χ0v) is 17.9. The van der Waals surface area contributed by atoms with Crippen molar-refractivity contribution in [1.29, 1.82) is 0 Å². The monoisotopic (exact) mass is 436 g/mol. The number of benzene rings is 2. The van der Waals surface area contributed by atoms with E-state index in [1.165, 1.54) is 0 Å². The third kappa shape index (κ3) is 4.91. The number of esters is 1. The standard InChI is InChI=1S/C24H24N2O6/c1-15-19(25-22(31-15)17-8-4-3-5-9-17)14-30-21-13-16(11-12-20(21)29-2)7-6-10-18-23(27)32-24(28)26-18/h3-5,8-9,11-13,18H,6-7,10,14H2,1-2H3,(H,26,28). The van der Waals surface area contributed by atoms with Gasteiger partial charge in [0, 0.05) is 5.56 Å². The quantitative estimate of drug-likeness (QED) is 0.396. The number of hydrogen-bond donors (Lipinski definition) is 1. The molecule has 1 unspecified atom stereocenters. The number of nitrogens with zero attached hydrogens (tertiary/aromatic N) is 1. The lowest BCUT2D eigenvalue weighted by Crippen LogP contribution is -2.28. The summed E-state index contributed by atoms with van der Waals surface area (Å²) in [5, 5.41) is 2.51. The zero-order valence-electron chi connectivity index (χ0n) is 17.9. The maximum Gasteiger partial charge on any atom is 0.415 e. The first-order chi connectivity index (χ1) is 15.5. The fraction of sp³-hybridized carbons (Fsp3) is 0.292. The van der Waals surface area contributed by atoms with Crippen molar-refractivity contribution in [2.75, 3.05) is 7.11 Å². The van der Waals surface area contributed by atoms with Gasteiger partial charge >= 0.3 is 12.1 Å². The second-order valence-corrected chi connectivity index (χ2v) is 7.46. The van der Waals surface area contributed by atoms with Crippen LogP contribution in [0.4, 0.5) is 4.79 Å². The number of ether oxygens (including phenoxy) is 3. The number of amides is 1. The van der Waals surface area contributed by atoms with Crippen LogP contribution in [0.1, 0.15) is 29.9 Å². The zero-order chi connectivity index (χ0) is 22.5. The van der Waals surface area contributed by atoms with Crippen LogP contribution in [0.5, 0.6) is 11.5 Å². The Morgan fingerprint density at radius 3 is 2.62 bits per heavy atom. The highest BCUT2D eigenvalue weighted by molar-refractivity contribution is 5.95. The molecule has 1 amide bonds. The number of aromatic nitrogens is 1. The molecule has 0 aliphatic carbocycles. The average molecular weight is 436 g/mol. The number of alkyl carbamates (subject to hydrolysis) is 1. The lowest BCUT2D eigenvalue weighted by Gasteiger charge is -2.12. The Balaban J connectivity index is 1.39. The van der Waals surface area contributed by atoms with Crippen molar-refractivity contribution in [3.8, 4) is 23.0 Å². The van der Waals surface area contributed by atoms with Crippen LogP contribution in [0, 0.1) is 6.92 Å². The summed E-state index contributed by atoms with van der Waals surface area (Å²) in [7, 11) is 1.59. The minimum Gasteiger partial charge on any atom is -0.493 e. The normalized spacial score (nSPS) is 15.4. The van der Waals surface area contributed by atoms with E-state index in [1.54, 1.807) is 7.11 Å². The van der Waals surface area contributed by atoms with Crippen molar-refractivity contribution >= 4 is 12.1 Å². The molecule has 1 N–H and O–H groups in total. The minimum atomic E-state index is -0.682. The molecule has 0 saturated carbocycles. The molecule has 1 atom stereocenters. The summed E-state index contributed by atoms with van der Waals surface area (Å²) in [6.07, 6.45) is 1.24. The van der Waals surface area contributed by atoms with Gasteiger partial charge in [0.05, 0.1) is 7.11 Å². The highest BCUT2D eigenvalue weighted by Gasteiger charge is 2.31. The summed E-state index contributed by atoms with van der Waals surface area (Å²) in [5.74, 6) is 1.95. The molecule has 1 aliphatic heterocycles. The van der Waals surface area contributed by atoms with Crippen LogP contribution in [0.2, 0.25) is 0 Å². The third-order valence-corrected chi connectivity index (χ3v) is 5.23. The molecule has 1 aliphatic rings. The van der Waals surface area contributed by atoms with Crippen LogP contribution >= 0.6 is 0 Å². The molecule has 2 aromatic carbocycles. The van der Waals surface area contributed by atoms with Crippen LogP contribution in [0.25, 0.3) is 11.5 Å². The molecule has 0 bridgehead atoms. The first-order valence-electron chi connectivity index (χ1n) is 10.4. The molecule has 166 valence electrons. The SMILES string of the molecule is COc1ccc(CCCC2NC(=O)OC2=O)cc1OCc1nc(-c2ccccc2)oc1C. The van der Waals surface area contributed by atoms with Crippen molar-refractivity contribution < 1.29 is 28.2 Å². The number of rotatable bonds is 9. The largest absolute Gasteiger partial charge is 0.493 e. The first kappa shape index (κ1) is 21.4. The maximum absolute atomic E-state index is 11.5. The molecular weight excluding hydrogens is 412 g/mol. The van der Waals surface area contributed by atoms with Gasteiger partial charge in [0.2, 0.25) is 5.89 Å². The van der Waals surface area contributed by atoms with E-state index in [0.717, 1.165) is 11.1 Å². The summed E-state index contributed by atoms with van der Waals surface area (Å²) >= 11 is 0. The molecule has 2 heterocycles. The van der Waals surface area contributed by atoms with Crippen LogP contribution in [0.3, 0.4) is 0 Å². The number of cyclic esters (lactones) is 2. The van der Waals surface area contributed by atoms with Gasteiger partial charge in [0.15, 0.2) is 11.5 Å². The molecule has 8 heteroatoms. The molecule has 1 fully saturated rings. The summed E-state index contributed by atoms with van der Waals surface area (Å²) in [5.41, 5.74) is 2.65. The number of oxazole rings is 1. The molecule has 1 saturated heterocycles. The lowest BCUT2D eigenvalue weighted by atomic mass is 10.0. The van der Waals surface area contributed by atoms with E-state index in [2.05, 4.69) is 15.0 Å². The van der Waals surface area contributed by atoms with Crippen molar-refractivity contribution in [3.63, 3.8) is 0 Å². The second-order valence-electron chi connectivity index (χ2n) is 7.46. The van der Waals surface area contributed by atoms with Crippen LogP contribution in [-0.4, -0.2) is 30.2 Å². The molecule has 0 spiro atoms. The van der Waals surface area contributed by atoms with Gasteiger partial charge in [0.25, 0.3) is 0 Å². The highest BCUT2D eigenvalue weighted by Crippen LogP contribution is 2.30. The van der Waals surface area contributed by atoms with Crippen LogP contribution in [-0.2, 0) is 22.6 Å². The predicted octanol–water partition coefficient (Wildman–Crippen LogP) is 4.20. The Labute approximate surface area is 185 Å². The number of nitrogens with one attached hydrogen (secondary N) is 1. The fourth-order valence-corrected chi connectivity index (χ4v) is 3.50. The second kappa shape index (κ2) is 9.55. The smallest absolute Gasteiger partial charge is 0.415 e.